The molecule has 0 radical (unpaired) electrons. The summed E-state index contributed by atoms with van der Waals surface area (Å²) in [5.74, 6) is 0.664. The number of sulfone groups is 1. The number of benzene rings is 1. The van der Waals surface area contributed by atoms with Crippen LogP contribution in [0.1, 0.15) is 6.92 Å². The molecule has 0 bridgehead atoms. The predicted molar refractivity (Wildman–Crippen MR) is 74.6 cm³/mol. The van der Waals surface area contributed by atoms with Crippen LogP contribution in [-0.2, 0) is 9.84 Å². The van der Waals surface area contributed by atoms with Crippen LogP contribution in [0.25, 0.3) is 0 Å². The average Bonchev–Trinajstić information content (AvgIpc) is 2.44. The van der Waals surface area contributed by atoms with Crippen molar-refractivity contribution < 1.29 is 27.7 Å². The maximum Gasteiger partial charge on any atom is 0.203 e. The van der Waals surface area contributed by atoms with Gasteiger partial charge in [0.2, 0.25) is 5.75 Å². The van der Waals surface area contributed by atoms with E-state index in [4.69, 9.17) is 25.8 Å². The minimum Gasteiger partial charge on any atom is -0.493 e. The molecule has 0 heterocycles. The van der Waals surface area contributed by atoms with Crippen LogP contribution in [0.2, 0.25) is 0 Å². The van der Waals surface area contributed by atoms with Crippen LogP contribution < -0.4 is 14.2 Å². The third kappa shape index (κ3) is 3.11. The molecule has 8 heteroatoms. The topological polar surface area (TPSA) is 82.1 Å². The van der Waals surface area contributed by atoms with Crippen molar-refractivity contribution in [2.24, 2.45) is 0 Å². The van der Waals surface area contributed by atoms with Gasteiger partial charge in [-0.15, -0.1) is 11.6 Å². The highest BCUT2D eigenvalue weighted by Gasteiger charge is 2.31. The summed E-state index contributed by atoms with van der Waals surface area (Å²) in [5.41, 5.74) is 0. The van der Waals surface area contributed by atoms with E-state index in [1.807, 2.05) is 0 Å². The van der Waals surface area contributed by atoms with Crippen molar-refractivity contribution in [3.05, 3.63) is 12.1 Å². The molecule has 0 saturated carbocycles. The number of aliphatic hydroxyl groups excluding tert-OH is 1. The maximum atomic E-state index is 12.3. The number of ether oxygens (including phenoxy) is 3. The fraction of sp³-hybridized carbons (Fsp3) is 0.500. The van der Waals surface area contributed by atoms with E-state index >= 15 is 0 Å². The number of methoxy groups -OCH3 is 3. The zero-order chi connectivity index (χ0) is 15.5. The molecule has 20 heavy (non-hydrogen) atoms. The molecule has 0 aliphatic rings. The van der Waals surface area contributed by atoms with E-state index in [9.17, 15) is 13.5 Å². The van der Waals surface area contributed by atoms with Gasteiger partial charge in [-0.05, 0) is 6.92 Å². The lowest BCUT2D eigenvalue weighted by Gasteiger charge is -2.17. The minimum absolute atomic E-state index is 0.118. The highest BCUT2D eigenvalue weighted by Crippen LogP contribution is 2.40. The number of hydrogen-bond acceptors (Lipinski definition) is 6. The maximum absolute atomic E-state index is 12.3. The lowest BCUT2D eigenvalue weighted by Crippen LogP contribution is -2.26. The smallest absolute Gasteiger partial charge is 0.203 e. The summed E-state index contributed by atoms with van der Waals surface area (Å²) in [4.78, 5) is -0.118. The summed E-state index contributed by atoms with van der Waals surface area (Å²) in [7, 11) is 0.234. The molecule has 0 saturated heterocycles. The van der Waals surface area contributed by atoms with Crippen molar-refractivity contribution in [2.75, 3.05) is 21.3 Å². The van der Waals surface area contributed by atoms with Gasteiger partial charge in [0, 0.05) is 12.1 Å². The zero-order valence-corrected chi connectivity index (χ0v) is 13.2. The van der Waals surface area contributed by atoms with Crippen LogP contribution >= 0.6 is 11.6 Å². The van der Waals surface area contributed by atoms with Crippen molar-refractivity contribution in [1.82, 2.24) is 0 Å². The van der Waals surface area contributed by atoms with E-state index in [1.165, 1.54) is 40.4 Å². The van der Waals surface area contributed by atoms with Crippen LogP contribution in [0.4, 0.5) is 0 Å². The molecule has 1 rings (SSSR count). The van der Waals surface area contributed by atoms with Gasteiger partial charge in [0.15, 0.2) is 26.0 Å². The molecule has 0 aliphatic carbocycles. The molecule has 1 aromatic carbocycles. The summed E-state index contributed by atoms with van der Waals surface area (Å²) in [6.45, 7) is 1.30. The molecule has 1 N–H and O–H groups in total. The Balaban J connectivity index is 3.47. The first-order valence-corrected chi connectivity index (χ1v) is 7.63. The van der Waals surface area contributed by atoms with E-state index in [2.05, 4.69) is 0 Å². The van der Waals surface area contributed by atoms with Gasteiger partial charge < -0.3 is 19.3 Å². The van der Waals surface area contributed by atoms with Gasteiger partial charge in [0.1, 0.15) is 0 Å². The Hall–Kier alpha value is -1.18. The fourth-order valence-electron chi connectivity index (χ4n) is 1.61. The second-order valence-electron chi connectivity index (χ2n) is 4.00. The first-order valence-electron chi connectivity index (χ1n) is 5.65. The quantitative estimate of drug-likeness (QED) is 0.797. The lowest BCUT2D eigenvalue weighted by molar-refractivity contribution is 0.208. The van der Waals surface area contributed by atoms with E-state index in [-0.39, 0.29) is 22.1 Å². The molecular formula is C12H17ClO6S. The van der Waals surface area contributed by atoms with Gasteiger partial charge in [-0.3, -0.25) is 0 Å². The van der Waals surface area contributed by atoms with Gasteiger partial charge in [0.05, 0.1) is 32.3 Å². The Labute approximate surface area is 123 Å². The highest BCUT2D eigenvalue weighted by molar-refractivity contribution is 7.93. The van der Waals surface area contributed by atoms with E-state index in [0.717, 1.165) is 0 Å². The third-order valence-corrected chi connectivity index (χ3v) is 5.59. The summed E-state index contributed by atoms with van der Waals surface area (Å²) >= 11 is 5.76. The van der Waals surface area contributed by atoms with Gasteiger partial charge in [-0.25, -0.2) is 8.42 Å². The molecule has 0 aromatic heterocycles. The van der Waals surface area contributed by atoms with E-state index < -0.39 is 20.7 Å². The molecule has 6 nitrogen and oxygen atoms in total. The summed E-state index contributed by atoms with van der Waals surface area (Å²) in [6.07, 6.45) is -1.22. The number of aliphatic hydroxyl groups is 1. The molecule has 1 aromatic rings. The predicted octanol–water partition coefficient (Wildman–Crippen LogP) is 1.43. The Morgan fingerprint density at radius 1 is 1.10 bits per heavy atom. The SMILES string of the molecule is COc1cc(S(=O)(=O)C(Cl)C(C)O)cc(OC)c1OC. The van der Waals surface area contributed by atoms with Gasteiger partial charge in [0.25, 0.3) is 0 Å². The fourth-order valence-corrected chi connectivity index (χ4v) is 3.24. The standard InChI is InChI=1S/C12H17ClO6S/c1-7(14)12(13)20(15,16)8-5-9(17-2)11(19-4)10(6-8)18-3/h5-7,12,14H,1-4H3. The first kappa shape index (κ1) is 16.9. The van der Waals surface area contributed by atoms with Gasteiger partial charge in [-0.2, -0.15) is 0 Å². The van der Waals surface area contributed by atoms with Gasteiger partial charge in [-0.1, -0.05) is 0 Å². The molecule has 2 atom stereocenters. The van der Waals surface area contributed by atoms with Crippen molar-refractivity contribution in [1.29, 1.82) is 0 Å². The monoisotopic (exact) mass is 324 g/mol. The largest absolute Gasteiger partial charge is 0.493 e. The first-order chi connectivity index (χ1) is 9.29. The van der Waals surface area contributed by atoms with Crippen molar-refractivity contribution in [3.63, 3.8) is 0 Å². The summed E-state index contributed by atoms with van der Waals surface area (Å²) in [5, 5.41) is 9.37. The molecule has 2 unspecified atom stereocenters. The molecule has 0 fully saturated rings. The lowest BCUT2D eigenvalue weighted by atomic mass is 10.3. The minimum atomic E-state index is -3.93. The molecular weight excluding hydrogens is 308 g/mol. The molecule has 114 valence electrons. The highest BCUT2D eigenvalue weighted by atomic mass is 35.5. The number of halogens is 1. The van der Waals surface area contributed by atoms with E-state index in [1.54, 1.807) is 0 Å². The number of rotatable bonds is 6. The van der Waals surface area contributed by atoms with Crippen LogP contribution in [0.5, 0.6) is 17.2 Å². The van der Waals surface area contributed by atoms with Crippen LogP contribution in [0.15, 0.2) is 17.0 Å². The average molecular weight is 325 g/mol. The summed E-state index contributed by atoms with van der Waals surface area (Å²) < 4.78 is 38.3. The molecule has 0 spiro atoms. The second-order valence-corrected chi connectivity index (χ2v) is 6.80. The van der Waals surface area contributed by atoms with Crippen molar-refractivity contribution in [2.45, 2.75) is 22.6 Å². The summed E-state index contributed by atoms with van der Waals surface area (Å²) in [6, 6.07) is 2.54. The van der Waals surface area contributed by atoms with Gasteiger partial charge >= 0.3 is 0 Å². The normalized spacial score (nSPS) is 14.5. The van der Waals surface area contributed by atoms with Crippen LogP contribution in [0, 0.1) is 0 Å². The van der Waals surface area contributed by atoms with Crippen molar-refractivity contribution >= 4 is 21.4 Å². The Morgan fingerprint density at radius 3 is 1.85 bits per heavy atom. The Kier molecular flexibility index (Phi) is 5.50. The molecule has 0 aliphatic heterocycles. The molecule has 0 amide bonds. The van der Waals surface area contributed by atoms with Crippen LogP contribution in [0.3, 0.4) is 0 Å². The number of alkyl halides is 1. The van der Waals surface area contributed by atoms with E-state index in [0.29, 0.717) is 0 Å². The zero-order valence-electron chi connectivity index (χ0n) is 11.6. The van der Waals surface area contributed by atoms with Crippen molar-refractivity contribution in [3.8, 4) is 17.2 Å². The number of hydrogen-bond donors (Lipinski definition) is 1. The Morgan fingerprint density at radius 2 is 1.55 bits per heavy atom. The third-order valence-electron chi connectivity index (χ3n) is 2.64. The van der Waals surface area contributed by atoms with Crippen LogP contribution in [-0.4, -0.2) is 45.7 Å². The second kappa shape index (κ2) is 6.51. The Bertz CT molecular complexity index is 544.